The Hall–Kier alpha value is -3.58. The van der Waals surface area contributed by atoms with Crippen LogP contribution in [0.25, 0.3) is 0 Å². The van der Waals surface area contributed by atoms with Crippen LogP contribution in [0.3, 0.4) is 0 Å². The molecule has 0 spiro atoms. The molecule has 3 aromatic rings. The number of fused-ring (bicyclic) bond motifs is 1. The monoisotopic (exact) mass is 462 g/mol. The van der Waals surface area contributed by atoms with E-state index in [0.717, 1.165) is 22.5 Å². The molecule has 2 N–H and O–H groups in total. The standard InChI is InChI=1S/C25H23ClN4O3/c26-19-9-7-16(8-10-19)20-13-22(23-6-3-11-33-23)30(28-20)24(31)15-29-14-18(25(27)32)12-17-4-1-2-5-21(17)29/h1-11,18,22H,12-15H2,(H2,27,32). The van der Waals surface area contributed by atoms with E-state index in [9.17, 15) is 9.59 Å². The normalized spacial score (nSPS) is 19.8. The third-order valence-corrected chi connectivity index (χ3v) is 6.43. The van der Waals surface area contributed by atoms with Crippen molar-refractivity contribution in [3.05, 3.63) is 88.8 Å². The number of nitrogens with two attached hydrogens (primary N) is 1. The number of furan rings is 1. The topological polar surface area (TPSA) is 92.1 Å². The molecule has 0 radical (unpaired) electrons. The Kier molecular flexibility index (Phi) is 5.64. The summed E-state index contributed by atoms with van der Waals surface area (Å²) in [5.74, 6) is -0.217. The average Bonchev–Trinajstić information content (AvgIpc) is 3.49. The first-order chi connectivity index (χ1) is 16.0. The lowest BCUT2D eigenvalue weighted by Gasteiger charge is -2.35. The molecule has 0 fully saturated rings. The number of anilines is 1. The highest BCUT2D eigenvalue weighted by Gasteiger charge is 2.37. The third kappa shape index (κ3) is 4.24. The Balaban J connectivity index is 1.44. The van der Waals surface area contributed by atoms with Gasteiger partial charge in [-0.25, -0.2) is 5.01 Å². The minimum absolute atomic E-state index is 0.0788. The van der Waals surface area contributed by atoms with Crippen LogP contribution >= 0.6 is 11.6 Å². The molecule has 2 aliphatic rings. The van der Waals surface area contributed by atoms with Gasteiger partial charge in [0.2, 0.25) is 5.91 Å². The summed E-state index contributed by atoms with van der Waals surface area (Å²) < 4.78 is 5.63. The van der Waals surface area contributed by atoms with E-state index < -0.39 is 0 Å². The van der Waals surface area contributed by atoms with Gasteiger partial charge >= 0.3 is 0 Å². The number of hydrogen-bond acceptors (Lipinski definition) is 5. The predicted molar refractivity (Wildman–Crippen MR) is 126 cm³/mol. The van der Waals surface area contributed by atoms with Crippen LogP contribution in [-0.4, -0.2) is 35.6 Å². The maximum Gasteiger partial charge on any atom is 0.262 e. The van der Waals surface area contributed by atoms with Gasteiger partial charge in [0.15, 0.2) is 0 Å². The molecule has 2 unspecified atom stereocenters. The van der Waals surface area contributed by atoms with Crippen molar-refractivity contribution in [2.24, 2.45) is 16.8 Å². The zero-order valence-electron chi connectivity index (χ0n) is 17.9. The molecule has 2 aliphatic heterocycles. The van der Waals surface area contributed by atoms with Crippen LogP contribution in [0.4, 0.5) is 5.69 Å². The summed E-state index contributed by atoms with van der Waals surface area (Å²) in [5, 5.41) is 6.82. The fraction of sp³-hybridized carbons (Fsp3) is 0.240. The first-order valence-corrected chi connectivity index (χ1v) is 11.2. The predicted octanol–water partition coefficient (Wildman–Crippen LogP) is 3.77. The molecule has 2 aromatic carbocycles. The quantitative estimate of drug-likeness (QED) is 0.624. The Morgan fingerprint density at radius 1 is 1.06 bits per heavy atom. The van der Waals surface area contributed by atoms with Gasteiger partial charge in [-0.2, -0.15) is 5.10 Å². The van der Waals surface area contributed by atoms with Gasteiger partial charge in [-0.05, 0) is 47.9 Å². The number of carbonyl (C=O) groups is 2. The summed E-state index contributed by atoms with van der Waals surface area (Å²) in [4.78, 5) is 27.4. The number of nitrogens with zero attached hydrogens (tertiary/aromatic N) is 3. The molecular formula is C25H23ClN4O3. The first kappa shape index (κ1) is 21.3. The fourth-order valence-electron chi connectivity index (χ4n) is 4.52. The number of primary amides is 1. The van der Waals surface area contributed by atoms with E-state index in [1.54, 1.807) is 24.5 Å². The lowest BCUT2D eigenvalue weighted by Crippen LogP contribution is -2.46. The maximum atomic E-state index is 13.5. The summed E-state index contributed by atoms with van der Waals surface area (Å²) in [5.41, 5.74) is 9.26. The molecular weight excluding hydrogens is 440 g/mol. The van der Waals surface area contributed by atoms with Crippen LogP contribution in [0.5, 0.6) is 0 Å². The molecule has 0 saturated heterocycles. The zero-order valence-corrected chi connectivity index (χ0v) is 18.6. The van der Waals surface area contributed by atoms with Gasteiger partial charge in [0.25, 0.3) is 5.91 Å². The van der Waals surface area contributed by atoms with E-state index in [4.69, 9.17) is 21.8 Å². The van der Waals surface area contributed by atoms with Crippen LogP contribution in [-0.2, 0) is 16.0 Å². The molecule has 7 nitrogen and oxygen atoms in total. The highest BCUT2D eigenvalue weighted by Crippen LogP contribution is 2.35. The second-order valence-electron chi connectivity index (χ2n) is 8.34. The average molecular weight is 463 g/mol. The Morgan fingerprint density at radius 2 is 1.85 bits per heavy atom. The first-order valence-electron chi connectivity index (χ1n) is 10.8. The van der Waals surface area contributed by atoms with E-state index in [-0.39, 0.29) is 30.3 Å². The highest BCUT2D eigenvalue weighted by molar-refractivity contribution is 6.30. The van der Waals surface area contributed by atoms with Gasteiger partial charge in [0.1, 0.15) is 11.8 Å². The van der Waals surface area contributed by atoms with Crippen molar-refractivity contribution < 1.29 is 14.0 Å². The number of carbonyl (C=O) groups excluding carboxylic acids is 2. The van der Waals surface area contributed by atoms with Gasteiger partial charge in [0, 0.05) is 23.7 Å². The molecule has 168 valence electrons. The lowest BCUT2D eigenvalue weighted by molar-refractivity contribution is -0.132. The van der Waals surface area contributed by atoms with Gasteiger partial charge in [-0.15, -0.1) is 0 Å². The molecule has 0 saturated carbocycles. The van der Waals surface area contributed by atoms with Gasteiger partial charge < -0.3 is 15.1 Å². The Morgan fingerprint density at radius 3 is 2.58 bits per heavy atom. The smallest absolute Gasteiger partial charge is 0.262 e. The van der Waals surface area contributed by atoms with Crippen molar-refractivity contribution in [1.29, 1.82) is 0 Å². The molecule has 8 heteroatoms. The van der Waals surface area contributed by atoms with Crippen LogP contribution in [0.2, 0.25) is 5.02 Å². The third-order valence-electron chi connectivity index (χ3n) is 6.18. The highest BCUT2D eigenvalue weighted by atomic mass is 35.5. The minimum atomic E-state index is -0.361. The van der Waals surface area contributed by atoms with Crippen LogP contribution in [0.1, 0.15) is 29.3 Å². The second-order valence-corrected chi connectivity index (χ2v) is 8.78. The molecule has 0 bridgehead atoms. The zero-order chi connectivity index (χ0) is 22.9. The van der Waals surface area contributed by atoms with Crippen LogP contribution in [0.15, 0.2) is 76.4 Å². The molecule has 0 aliphatic carbocycles. The summed E-state index contributed by atoms with van der Waals surface area (Å²) in [6.07, 6.45) is 2.70. The van der Waals surface area contributed by atoms with Crippen molar-refractivity contribution in [1.82, 2.24) is 5.01 Å². The van der Waals surface area contributed by atoms with Gasteiger partial charge in [-0.1, -0.05) is 41.9 Å². The van der Waals surface area contributed by atoms with Gasteiger partial charge in [0.05, 0.1) is 24.4 Å². The molecule has 3 heterocycles. The molecule has 2 amide bonds. The molecule has 1 aromatic heterocycles. The van der Waals surface area contributed by atoms with E-state index in [2.05, 4.69) is 5.10 Å². The number of hydrogen-bond donors (Lipinski definition) is 1. The van der Waals surface area contributed by atoms with Crippen molar-refractivity contribution in [3.8, 4) is 0 Å². The van der Waals surface area contributed by atoms with E-state index in [0.29, 0.717) is 30.2 Å². The van der Waals surface area contributed by atoms with Crippen molar-refractivity contribution >= 4 is 34.8 Å². The SMILES string of the molecule is NC(=O)C1Cc2ccccc2N(CC(=O)N2N=C(c3ccc(Cl)cc3)CC2c2ccco2)C1. The number of para-hydroxylation sites is 1. The largest absolute Gasteiger partial charge is 0.467 e. The number of halogens is 1. The second kappa shape index (κ2) is 8.75. The summed E-state index contributed by atoms with van der Waals surface area (Å²) >= 11 is 6.03. The van der Waals surface area contributed by atoms with Crippen LogP contribution < -0.4 is 10.6 Å². The summed E-state index contributed by atoms with van der Waals surface area (Å²) in [6.45, 7) is 0.473. The Bertz CT molecular complexity index is 1210. The van der Waals surface area contributed by atoms with Crippen molar-refractivity contribution in [2.75, 3.05) is 18.0 Å². The van der Waals surface area contributed by atoms with Crippen LogP contribution in [0, 0.1) is 5.92 Å². The maximum absolute atomic E-state index is 13.5. The number of hydrazone groups is 1. The van der Waals surface area contributed by atoms with E-state index in [1.165, 1.54) is 5.01 Å². The number of benzene rings is 2. The van der Waals surface area contributed by atoms with E-state index >= 15 is 0 Å². The molecule has 2 atom stereocenters. The minimum Gasteiger partial charge on any atom is -0.467 e. The van der Waals surface area contributed by atoms with Crippen molar-refractivity contribution in [2.45, 2.75) is 18.9 Å². The summed E-state index contributed by atoms with van der Waals surface area (Å²) in [7, 11) is 0. The van der Waals surface area contributed by atoms with E-state index in [1.807, 2.05) is 47.4 Å². The van der Waals surface area contributed by atoms with Crippen molar-refractivity contribution in [3.63, 3.8) is 0 Å². The summed E-state index contributed by atoms with van der Waals surface area (Å²) in [6, 6.07) is 18.5. The molecule has 5 rings (SSSR count). The molecule has 33 heavy (non-hydrogen) atoms. The fourth-order valence-corrected chi connectivity index (χ4v) is 4.65. The number of amides is 2. The Labute approximate surface area is 196 Å². The number of rotatable bonds is 5. The van der Waals surface area contributed by atoms with Gasteiger partial charge in [-0.3, -0.25) is 9.59 Å². The lowest BCUT2D eigenvalue weighted by atomic mass is 9.92.